The van der Waals surface area contributed by atoms with Crippen molar-refractivity contribution in [2.45, 2.75) is 22.9 Å². The van der Waals surface area contributed by atoms with Gasteiger partial charge in [0.2, 0.25) is 15.9 Å². The van der Waals surface area contributed by atoms with E-state index in [2.05, 4.69) is 15.5 Å². The van der Waals surface area contributed by atoms with Gasteiger partial charge in [-0.05, 0) is 49.2 Å². The average Bonchev–Trinajstić information content (AvgIpc) is 3.46. The van der Waals surface area contributed by atoms with Gasteiger partial charge in [-0.3, -0.25) is 9.36 Å². The zero-order chi connectivity index (χ0) is 21.0. The number of hydrogen-bond acceptors (Lipinski definition) is 6. The Hall–Kier alpha value is -2.69. The Morgan fingerprint density at radius 1 is 1.03 bits per heavy atom. The molecule has 0 aliphatic carbocycles. The van der Waals surface area contributed by atoms with Crippen molar-refractivity contribution in [3.63, 3.8) is 0 Å². The molecule has 8 nitrogen and oxygen atoms in total. The Kier molecular flexibility index (Phi) is 6.16. The molecule has 30 heavy (non-hydrogen) atoms. The quantitative estimate of drug-likeness (QED) is 0.564. The van der Waals surface area contributed by atoms with Gasteiger partial charge in [0.05, 0.1) is 10.6 Å². The van der Waals surface area contributed by atoms with Crippen LogP contribution in [0, 0.1) is 0 Å². The molecule has 156 valence electrons. The van der Waals surface area contributed by atoms with Gasteiger partial charge < -0.3 is 5.32 Å². The van der Waals surface area contributed by atoms with E-state index in [1.54, 1.807) is 18.5 Å². The first kappa shape index (κ1) is 20.6. The number of para-hydroxylation sites is 1. The minimum absolute atomic E-state index is 0.152. The number of sulfonamides is 1. The van der Waals surface area contributed by atoms with Crippen LogP contribution in [0.2, 0.25) is 0 Å². The fraction of sp³-hybridized carbons (Fsp3) is 0.250. The monoisotopic (exact) mass is 443 g/mol. The zero-order valence-electron chi connectivity index (χ0n) is 16.1. The largest absolute Gasteiger partial charge is 0.325 e. The third kappa shape index (κ3) is 4.55. The molecule has 0 radical (unpaired) electrons. The van der Waals surface area contributed by atoms with E-state index in [1.807, 2.05) is 34.9 Å². The Bertz CT molecular complexity index is 1110. The summed E-state index contributed by atoms with van der Waals surface area (Å²) in [5, 5.41) is 11.4. The highest BCUT2D eigenvalue weighted by molar-refractivity contribution is 7.99. The van der Waals surface area contributed by atoms with Crippen LogP contribution >= 0.6 is 11.8 Å². The van der Waals surface area contributed by atoms with Crippen molar-refractivity contribution in [2.24, 2.45) is 0 Å². The van der Waals surface area contributed by atoms with Crippen molar-refractivity contribution in [1.29, 1.82) is 0 Å². The molecule has 1 aliphatic heterocycles. The number of anilines is 1. The molecule has 1 saturated heterocycles. The third-order valence-electron chi connectivity index (χ3n) is 4.72. The lowest BCUT2D eigenvalue weighted by atomic mass is 10.3. The first-order valence-electron chi connectivity index (χ1n) is 9.52. The van der Waals surface area contributed by atoms with Crippen LogP contribution in [0.5, 0.6) is 0 Å². The number of aromatic nitrogens is 3. The zero-order valence-corrected chi connectivity index (χ0v) is 17.8. The molecule has 1 aliphatic rings. The van der Waals surface area contributed by atoms with Crippen molar-refractivity contribution in [3.05, 3.63) is 60.9 Å². The normalized spacial score (nSPS) is 14.7. The van der Waals surface area contributed by atoms with Gasteiger partial charge in [-0.2, -0.15) is 4.31 Å². The molecule has 2 aromatic carbocycles. The Balaban J connectivity index is 1.36. The van der Waals surface area contributed by atoms with Crippen LogP contribution < -0.4 is 5.32 Å². The Morgan fingerprint density at radius 3 is 2.43 bits per heavy atom. The molecule has 0 atom stereocenters. The molecule has 1 N–H and O–H groups in total. The van der Waals surface area contributed by atoms with Gasteiger partial charge in [0.25, 0.3) is 0 Å². The summed E-state index contributed by atoms with van der Waals surface area (Å²) in [6.07, 6.45) is 3.39. The van der Waals surface area contributed by atoms with Gasteiger partial charge in [-0.15, -0.1) is 10.2 Å². The Morgan fingerprint density at radius 2 is 1.73 bits per heavy atom. The number of thioether (sulfide) groups is 1. The van der Waals surface area contributed by atoms with E-state index in [-0.39, 0.29) is 16.6 Å². The summed E-state index contributed by atoms with van der Waals surface area (Å²) >= 11 is 1.27. The average molecular weight is 444 g/mol. The molecule has 4 rings (SSSR count). The van der Waals surface area contributed by atoms with Gasteiger partial charge in [-0.1, -0.05) is 30.0 Å². The van der Waals surface area contributed by atoms with Gasteiger partial charge in [0.15, 0.2) is 5.16 Å². The van der Waals surface area contributed by atoms with Crippen molar-refractivity contribution < 1.29 is 13.2 Å². The maximum Gasteiger partial charge on any atom is 0.243 e. The van der Waals surface area contributed by atoms with Crippen LogP contribution in [0.15, 0.2) is 71.0 Å². The summed E-state index contributed by atoms with van der Waals surface area (Å²) in [5.41, 5.74) is 1.46. The van der Waals surface area contributed by atoms with Crippen molar-refractivity contribution in [2.75, 3.05) is 24.2 Å². The maximum atomic E-state index is 12.6. The second kappa shape index (κ2) is 8.99. The number of carbonyl (C=O) groups is 1. The van der Waals surface area contributed by atoms with Crippen LogP contribution in [0.3, 0.4) is 0 Å². The predicted molar refractivity (Wildman–Crippen MR) is 115 cm³/mol. The highest BCUT2D eigenvalue weighted by Gasteiger charge is 2.26. The van der Waals surface area contributed by atoms with E-state index in [0.717, 1.165) is 18.5 Å². The second-order valence-electron chi connectivity index (χ2n) is 6.79. The topological polar surface area (TPSA) is 97.2 Å². The number of nitrogens with one attached hydrogen (secondary N) is 1. The molecule has 1 aromatic heterocycles. The summed E-state index contributed by atoms with van der Waals surface area (Å²) in [6.45, 7) is 1.12. The van der Waals surface area contributed by atoms with Gasteiger partial charge in [-0.25, -0.2) is 8.42 Å². The maximum absolute atomic E-state index is 12.6. The molecule has 2 heterocycles. The van der Waals surface area contributed by atoms with E-state index < -0.39 is 10.0 Å². The summed E-state index contributed by atoms with van der Waals surface area (Å²) in [4.78, 5) is 12.6. The van der Waals surface area contributed by atoms with E-state index in [1.165, 1.54) is 28.2 Å². The lowest BCUT2D eigenvalue weighted by molar-refractivity contribution is -0.113. The summed E-state index contributed by atoms with van der Waals surface area (Å²) in [5.74, 6) is -0.0583. The summed E-state index contributed by atoms with van der Waals surface area (Å²) in [7, 11) is -3.46. The Labute approximate surface area is 179 Å². The molecule has 0 saturated carbocycles. The fourth-order valence-electron chi connectivity index (χ4n) is 3.20. The lowest BCUT2D eigenvalue weighted by Crippen LogP contribution is -2.27. The van der Waals surface area contributed by atoms with E-state index >= 15 is 0 Å². The summed E-state index contributed by atoms with van der Waals surface area (Å²) < 4.78 is 28.5. The molecule has 0 bridgehead atoms. The van der Waals surface area contributed by atoms with Gasteiger partial charge in [0, 0.05) is 24.5 Å². The minimum atomic E-state index is -3.46. The van der Waals surface area contributed by atoms with Crippen LogP contribution in [0.1, 0.15) is 12.8 Å². The van der Waals surface area contributed by atoms with E-state index in [4.69, 9.17) is 0 Å². The number of nitrogens with zero attached hydrogens (tertiary/aromatic N) is 4. The van der Waals surface area contributed by atoms with Crippen LogP contribution in [-0.4, -0.2) is 52.2 Å². The minimum Gasteiger partial charge on any atom is -0.325 e. The molecule has 0 spiro atoms. The standard InChI is InChI=1S/C20H21N5O3S2/c26-19(14-29-20-23-21-15-25(20)17-6-2-1-3-7-17)22-16-8-10-18(11-9-16)30(27,28)24-12-4-5-13-24/h1-3,6-11,15H,4-5,12-14H2,(H,22,26). The highest BCUT2D eigenvalue weighted by atomic mass is 32.2. The molecule has 0 unspecified atom stereocenters. The van der Waals surface area contributed by atoms with Gasteiger partial charge in [0.1, 0.15) is 6.33 Å². The molecular weight excluding hydrogens is 422 g/mol. The number of hydrogen-bond donors (Lipinski definition) is 1. The second-order valence-corrected chi connectivity index (χ2v) is 9.67. The van der Waals surface area contributed by atoms with Crippen molar-refractivity contribution in [1.82, 2.24) is 19.1 Å². The van der Waals surface area contributed by atoms with Crippen molar-refractivity contribution >= 4 is 33.4 Å². The molecule has 3 aromatic rings. The molecule has 1 fully saturated rings. The number of amides is 1. The highest BCUT2D eigenvalue weighted by Crippen LogP contribution is 2.23. The van der Waals surface area contributed by atoms with Crippen LogP contribution in [-0.2, 0) is 14.8 Å². The van der Waals surface area contributed by atoms with Crippen LogP contribution in [0.25, 0.3) is 5.69 Å². The number of rotatable bonds is 7. The number of carbonyl (C=O) groups excluding carboxylic acids is 1. The SMILES string of the molecule is O=C(CSc1nncn1-c1ccccc1)Nc1ccc(S(=O)(=O)N2CCCC2)cc1. The van der Waals surface area contributed by atoms with Gasteiger partial charge >= 0.3 is 0 Å². The van der Waals surface area contributed by atoms with Crippen LogP contribution in [0.4, 0.5) is 5.69 Å². The summed E-state index contributed by atoms with van der Waals surface area (Å²) in [6, 6.07) is 15.9. The number of benzene rings is 2. The third-order valence-corrected chi connectivity index (χ3v) is 7.58. The van der Waals surface area contributed by atoms with E-state index in [9.17, 15) is 13.2 Å². The first-order valence-corrected chi connectivity index (χ1v) is 11.9. The van der Waals surface area contributed by atoms with Crippen molar-refractivity contribution in [3.8, 4) is 5.69 Å². The fourth-order valence-corrected chi connectivity index (χ4v) is 5.45. The smallest absolute Gasteiger partial charge is 0.243 e. The lowest BCUT2D eigenvalue weighted by Gasteiger charge is -2.15. The molecule has 10 heteroatoms. The first-order chi connectivity index (χ1) is 14.5. The molecule has 1 amide bonds. The molecular formula is C20H21N5O3S2. The predicted octanol–water partition coefficient (Wildman–Crippen LogP) is 2.78. The van der Waals surface area contributed by atoms with E-state index in [0.29, 0.717) is 23.9 Å².